The summed E-state index contributed by atoms with van der Waals surface area (Å²) in [6.45, 7) is 8.04. The minimum atomic E-state index is 0.0657. The van der Waals surface area contributed by atoms with Crippen molar-refractivity contribution in [2.45, 2.75) is 13.3 Å². The van der Waals surface area contributed by atoms with Gasteiger partial charge in [-0.2, -0.15) is 0 Å². The zero-order chi connectivity index (χ0) is 11.1. The topological polar surface area (TPSA) is 61.6 Å². The average molecular weight is 214 g/mol. The molecule has 1 aliphatic rings. The normalized spacial score (nSPS) is 17.9. The molecule has 0 aromatic carbocycles. The molecule has 1 rings (SSSR count). The fraction of sp³-hybridized carbons (Fsp3) is 0.900. The second kappa shape index (κ2) is 6.63. The maximum absolute atomic E-state index is 11.5. The molecular formula is C10H22N4O. The van der Waals surface area contributed by atoms with E-state index in [0.717, 1.165) is 45.7 Å². The van der Waals surface area contributed by atoms with E-state index in [1.54, 1.807) is 0 Å². The number of hydrogen-bond acceptors (Lipinski definition) is 3. The van der Waals surface area contributed by atoms with Gasteiger partial charge in [-0.1, -0.05) is 0 Å². The quantitative estimate of drug-likeness (QED) is 0.674. The Morgan fingerprint density at radius 1 is 1.33 bits per heavy atom. The van der Waals surface area contributed by atoms with E-state index in [1.807, 2.05) is 11.8 Å². The van der Waals surface area contributed by atoms with E-state index in [1.165, 1.54) is 0 Å². The van der Waals surface area contributed by atoms with Crippen molar-refractivity contribution in [1.29, 1.82) is 0 Å². The molecule has 5 heteroatoms. The zero-order valence-corrected chi connectivity index (χ0v) is 9.54. The highest BCUT2D eigenvalue weighted by Gasteiger charge is 2.19. The molecule has 0 radical (unpaired) electrons. The highest BCUT2D eigenvalue weighted by molar-refractivity contribution is 5.74. The lowest BCUT2D eigenvalue weighted by atomic mass is 10.3. The van der Waals surface area contributed by atoms with Crippen LogP contribution in [0.15, 0.2) is 0 Å². The van der Waals surface area contributed by atoms with Crippen LogP contribution in [0, 0.1) is 0 Å². The lowest BCUT2D eigenvalue weighted by Crippen LogP contribution is -2.51. The molecule has 5 nitrogen and oxygen atoms in total. The first-order valence-corrected chi connectivity index (χ1v) is 5.73. The summed E-state index contributed by atoms with van der Waals surface area (Å²) in [6, 6.07) is 0.0657. The Bertz CT molecular complexity index is 190. The largest absolute Gasteiger partial charge is 0.338 e. The molecule has 0 aromatic heterocycles. The van der Waals surface area contributed by atoms with Crippen molar-refractivity contribution in [3.05, 3.63) is 0 Å². The fourth-order valence-electron chi connectivity index (χ4n) is 1.75. The number of carbonyl (C=O) groups is 1. The summed E-state index contributed by atoms with van der Waals surface area (Å²) in [5.41, 5.74) is 5.46. The summed E-state index contributed by atoms with van der Waals surface area (Å²) < 4.78 is 0. The number of carbonyl (C=O) groups excluding carboxylic acids is 1. The van der Waals surface area contributed by atoms with E-state index < -0.39 is 0 Å². The molecule has 0 bridgehead atoms. The predicted molar refractivity (Wildman–Crippen MR) is 60.8 cm³/mol. The highest BCUT2D eigenvalue weighted by Crippen LogP contribution is 2.02. The van der Waals surface area contributed by atoms with Gasteiger partial charge in [0.1, 0.15) is 0 Å². The third kappa shape index (κ3) is 4.05. The van der Waals surface area contributed by atoms with Crippen molar-refractivity contribution in [3.8, 4) is 0 Å². The summed E-state index contributed by atoms with van der Waals surface area (Å²) in [4.78, 5) is 15.7. The number of nitrogens with two attached hydrogens (primary N) is 1. The summed E-state index contributed by atoms with van der Waals surface area (Å²) in [5.74, 6) is 0. The number of piperazine rings is 1. The van der Waals surface area contributed by atoms with Crippen LogP contribution in [0.25, 0.3) is 0 Å². The maximum atomic E-state index is 11.5. The number of urea groups is 1. The fourth-order valence-corrected chi connectivity index (χ4v) is 1.75. The van der Waals surface area contributed by atoms with Crippen LogP contribution in [-0.2, 0) is 0 Å². The van der Waals surface area contributed by atoms with Crippen LogP contribution in [-0.4, -0.2) is 61.6 Å². The second-order valence-electron chi connectivity index (χ2n) is 3.81. The SMILES string of the molecule is CCNC(=O)N1CCN(CCCN)CC1. The third-order valence-electron chi connectivity index (χ3n) is 2.67. The van der Waals surface area contributed by atoms with Crippen molar-refractivity contribution >= 4 is 6.03 Å². The van der Waals surface area contributed by atoms with E-state index >= 15 is 0 Å². The highest BCUT2D eigenvalue weighted by atomic mass is 16.2. The van der Waals surface area contributed by atoms with Crippen LogP contribution in [0.4, 0.5) is 4.79 Å². The molecule has 1 saturated heterocycles. The van der Waals surface area contributed by atoms with Gasteiger partial charge in [0.15, 0.2) is 0 Å². The van der Waals surface area contributed by atoms with E-state index in [4.69, 9.17) is 5.73 Å². The average Bonchev–Trinajstić information content (AvgIpc) is 2.27. The van der Waals surface area contributed by atoms with Crippen molar-refractivity contribution in [1.82, 2.24) is 15.1 Å². The summed E-state index contributed by atoms with van der Waals surface area (Å²) >= 11 is 0. The predicted octanol–water partition coefficient (Wildman–Crippen LogP) is -0.318. The number of hydrogen-bond donors (Lipinski definition) is 2. The molecule has 0 aromatic rings. The molecule has 15 heavy (non-hydrogen) atoms. The Morgan fingerprint density at radius 3 is 2.53 bits per heavy atom. The van der Waals surface area contributed by atoms with Gasteiger partial charge < -0.3 is 16.0 Å². The molecule has 0 atom stereocenters. The van der Waals surface area contributed by atoms with Crippen LogP contribution in [0.2, 0.25) is 0 Å². The van der Waals surface area contributed by atoms with E-state index in [0.29, 0.717) is 6.54 Å². The lowest BCUT2D eigenvalue weighted by Gasteiger charge is -2.34. The van der Waals surface area contributed by atoms with Crippen LogP contribution < -0.4 is 11.1 Å². The third-order valence-corrected chi connectivity index (χ3v) is 2.67. The standard InChI is InChI=1S/C10H22N4O/c1-2-12-10(15)14-8-6-13(7-9-14)5-3-4-11/h2-9,11H2,1H3,(H,12,15). The molecule has 0 spiro atoms. The number of nitrogens with one attached hydrogen (secondary N) is 1. The minimum Gasteiger partial charge on any atom is -0.338 e. The van der Waals surface area contributed by atoms with Gasteiger partial charge in [0, 0.05) is 32.7 Å². The van der Waals surface area contributed by atoms with Gasteiger partial charge in [-0.3, -0.25) is 4.90 Å². The lowest BCUT2D eigenvalue weighted by molar-refractivity contribution is 0.139. The monoisotopic (exact) mass is 214 g/mol. The summed E-state index contributed by atoms with van der Waals surface area (Å²) in [6.07, 6.45) is 1.04. The first-order valence-electron chi connectivity index (χ1n) is 5.73. The van der Waals surface area contributed by atoms with Crippen LogP contribution in [0.5, 0.6) is 0 Å². The maximum Gasteiger partial charge on any atom is 0.317 e. The van der Waals surface area contributed by atoms with E-state index in [9.17, 15) is 4.79 Å². The Morgan fingerprint density at radius 2 is 2.00 bits per heavy atom. The molecule has 1 heterocycles. The second-order valence-corrected chi connectivity index (χ2v) is 3.81. The van der Waals surface area contributed by atoms with Crippen molar-refractivity contribution in [2.75, 3.05) is 45.8 Å². The van der Waals surface area contributed by atoms with Gasteiger partial charge in [0.2, 0.25) is 0 Å². The van der Waals surface area contributed by atoms with Gasteiger partial charge in [-0.05, 0) is 26.4 Å². The molecule has 0 aliphatic carbocycles. The van der Waals surface area contributed by atoms with Crippen LogP contribution in [0.3, 0.4) is 0 Å². The number of nitrogens with zero attached hydrogens (tertiary/aromatic N) is 2. The van der Waals surface area contributed by atoms with Crippen molar-refractivity contribution < 1.29 is 4.79 Å². The van der Waals surface area contributed by atoms with Gasteiger partial charge in [0.25, 0.3) is 0 Å². The van der Waals surface area contributed by atoms with Gasteiger partial charge in [-0.15, -0.1) is 0 Å². The first kappa shape index (κ1) is 12.3. The van der Waals surface area contributed by atoms with E-state index in [2.05, 4.69) is 10.2 Å². The number of amides is 2. The minimum absolute atomic E-state index is 0.0657. The summed E-state index contributed by atoms with van der Waals surface area (Å²) in [7, 11) is 0. The Kier molecular flexibility index (Phi) is 5.42. The molecule has 0 unspecified atom stereocenters. The van der Waals surface area contributed by atoms with Crippen molar-refractivity contribution in [3.63, 3.8) is 0 Å². The number of rotatable bonds is 4. The Hall–Kier alpha value is -0.810. The van der Waals surface area contributed by atoms with Gasteiger partial charge >= 0.3 is 6.03 Å². The van der Waals surface area contributed by atoms with E-state index in [-0.39, 0.29) is 6.03 Å². The Balaban J connectivity index is 2.20. The molecular weight excluding hydrogens is 192 g/mol. The molecule has 1 fully saturated rings. The first-order chi connectivity index (χ1) is 7.27. The molecule has 0 saturated carbocycles. The Labute approximate surface area is 91.6 Å². The molecule has 2 amide bonds. The smallest absolute Gasteiger partial charge is 0.317 e. The van der Waals surface area contributed by atoms with Gasteiger partial charge in [0.05, 0.1) is 0 Å². The molecule has 3 N–H and O–H groups in total. The van der Waals surface area contributed by atoms with Gasteiger partial charge in [-0.25, -0.2) is 4.79 Å². The molecule has 88 valence electrons. The van der Waals surface area contributed by atoms with Crippen LogP contribution in [0.1, 0.15) is 13.3 Å². The van der Waals surface area contributed by atoms with Crippen LogP contribution >= 0.6 is 0 Å². The molecule has 1 aliphatic heterocycles. The summed E-state index contributed by atoms with van der Waals surface area (Å²) in [5, 5.41) is 2.82. The van der Waals surface area contributed by atoms with Crippen molar-refractivity contribution in [2.24, 2.45) is 5.73 Å². The zero-order valence-electron chi connectivity index (χ0n) is 9.54.